The molecule has 0 spiro atoms. The van der Waals surface area contributed by atoms with Crippen LogP contribution in [0, 0.1) is 11.9 Å². The van der Waals surface area contributed by atoms with Crippen molar-refractivity contribution in [1.29, 1.82) is 0 Å². The van der Waals surface area contributed by atoms with Crippen molar-refractivity contribution < 1.29 is 21.2 Å². The van der Waals surface area contributed by atoms with E-state index in [4.69, 9.17) is 0 Å². The van der Waals surface area contributed by atoms with Gasteiger partial charge in [-0.05, 0) is 0 Å². The van der Waals surface area contributed by atoms with E-state index in [1.54, 1.807) is 0 Å². The Bertz CT molecular complexity index is 138. The van der Waals surface area contributed by atoms with Crippen LogP contribution in [0.3, 0.4) is 0 Å². The van der Waals surface area contributed by atoms with E-state index in [-0.39, 0.29) is 22.6 Å². The fourth-order valence-corrected chi connectivity index (χ4v) is 0.367. The molecule has 0 fully saturated rings. The van der Waals surface area contributed by atoms with Gasteiger partial charge in [0.05, 0.1) is 0 Å². The molecule has 0 aliphatic rings. The average Bonchev–Trinajstić information content (AvgIpc) is 1.69. The first-order valence-corrected chi connectivity index (χ1v) is 2.01. The van der Waals surface area contributed by atoms with Crippen molar-refractivity contribution in [2.45, 2.75) is 0 Å². The molecule has 45 valence electrons. The van der Waals surface area contributed by atoms with Crippen molar-refractivity contribution in [3.63, 3.8) is 0 Å². The third-order valence-corrected chi connectivity index (χ3v) is 0.678. The van der Waals surface area contributed by atoms with Crippen LogP contribution >= 0.6 is 0 Å². The Kier molecular flexibility index (Phi) is 3.48. The Labute approximate surface area is 57.9 Å². The predicted octanol–water partition coefficient (Wildman–Crippen LogP) is 1.62. The fourth-order valence-electron chi connectivity index (χ4n) is 0.367. The summed E-state index contributed by atoms with van der Waals surface area (Å²) in [5, 5.41) is 0. The smallest absolute Gasteiger partial charge is 0.0151 e. The Hall–Kier alpha value is -0.344. The zero-order valence-electron chi connectivity index (χ0n) is 4.02. The van der Waals surface area contributed by atoms with Crippen LogP contribution in [0.1, 0.15) is 0 Å². The number of benzene rings is 1. The Balaban J connectivity index is 0.000000490. The standard InChI is InChI=1S/C6H4F.Co/c7-6-4-2-1-3-5-6;/h2-5H;/q-1;. The third-order valence-electron chi connectivity index (χ3n) is 0.678. The van der Waals surface area contributed by atoms with Gasteiger partial charge in [-0.25, -0.2) is 4.39 Å². The molecule has 0 N–H and O–H groups in total. The molecule has 0 bridgehead atoms. The summed E-state index contributed by atoms with van der Waals surface area (Å²) in [5.74, 6) is -0.209. The Morgan fingerprint density at radius 1 is 1.25 bits per heavy atom. The molecule has 0 saturated carbocycles. The summed E-state index contributed by atoms with van der Waals surface area (Å²) in [6.07, 6.45) is 0. The van der Waals surface area contributed by atoms with Crippen LogP contribution in [-0.2, 0) is 16.8 Å². The first kappa shape index (κ1) is 7.66. The number of halogens is 1. The average molecular weight is 154 g/mol. The van der Waals surface area contributed by atoms with Crippen LogP contribution in [0.15, 0.2) is 24.3 Å². The molecule has 0 nitrogen and oxygen atoms in total. The van der Waals surface area contributed by atoms with E-state index in [1.807, 2.05) is 0 Å². The van der Waals surface area contributed by atoms with Crippen LogP contribution in [0.4, 0.5) is 4.39 Å². The van der Waals surface area contributed by atoms with Crippen LogP contribution in [0.2, 0.25) is 0 Å². The molecule has 1 radical (unpaired) electrons. The summed E-state index contributed by atoms with van der Waals surface area (Å²) in [6.45, 7) is 0. The summed E-state index contributed by atoms with van der Waals surface area (Å²) in [4.78, 5) is 0. The third kappa shape index (κ3) is 2.09. The van der Waals surface area contributed by atoms with Gasteiger partial charge in [-0.15, -0.1) is 12.1 Å². The molecule has 0 aliphatic carbocycles. The minimum Gasteiger partial charge on any atom is -0.236 e. The van der Waals surface area contributed by atoms with Crippen molar-refractivity contribution in [2.24, 2.45) is 0 Å². The molecule has 1 rings (SSSR count). The first-order valence-electron chi connectivity index (χ1n) is 2.01. The van der Waals surface area contributed by atoms with E-state index in [0.717, 1.165) is 0 Å². The molecule has 0 unspecified atom stereocenters. The SMILES string of the molecule is Fc1cc[c-]cc1.[Co]. The number of rotatable bonds is 0. The van der Waals surface area contributed by atoms with Gasteiger partial charge in [-0.1, -0.05) is 0 Å². The van der Waals surface area contributed by atoms with Gasteiger partial charge in [-0.2, -0.15) is 18.2 Å². The topological polar surface area (TPSA) is 0 Å². The van der Waals surface area contributed by atoms with Crippen molar-refractivity contribution in [2.75, 3.05) is 0 Å². The number of hydrogen-bond acceptors (Lipinski definition) is 0. The molecule has 2 heteroatoms. The van der Waals surface area contributed by atoms with Gasteiger partial charge in [0.1, 0.15) is 0 Å². The van der Waals surface area contributed by atoms with E-state index in [2.05, 4.69) is 6.07 Å². The Morgan fingerprint density at radius 3 is 2.00 bits per heavy atom. The maximum atomic E-state index is 11.9. The summed E-state index contributed by atoms with van der Waals surface area (Å²) in [5.41, 5.74) is 0. The summed E-state index contributed by atoms with van der Waals surface area (Å²) >= 11 is 0. The number of hydrogen-bond donors (Lipinski definition) is 0. The van der Waals surface area contributed by atoms with E-state index >= 15 is 0 Å². The molecule has 0 aromatic heterocycles. The van der Waals surface area contributed by atoms with Crippen LogP contribution < -0.4 is 0 Å². The monoisotopic (exact) mass is 154 g/mol. The van der Waals surface area contributed by atoms with E-state index < -0.39 is 0 Å². The van der Waals surface area contributed by atoms with Gasteiger partial charge in [0.2, 0.25) is 0 Å². The molecule has 0 atom stereocenters. The van der Waals surface area contributed by atoms with Crippen LogP contribution in [0.5, 0.6) is 0 Å². The maximum absolute atomic E-state index is 11.9. The fraction of sp³-hybridized carbons (Fsp3) is 0. The molecule has 0 amide bonds. The first-order chi connectivity index (χ1) is 3.39. The molecule has 0 heterocycles. The van der Waals surface area contributed by atoms with Gasteiger partial charge in [-0.3, -0.25) is 0 Å². The molecule has 1 aromatic carbocycles. The van der Waals surface area contributed by atoms with E-state index in [0.29, 0.717) is 0 Å². The minimum absolute atomic E-state index is 0. The Morgan fingerprint density at radius 2 is 1.75 bits per heavy atom. The molecule has 1 aromatic rings. The summed E-state index contributed by atoms with van der Waals surface area (Å²) < 4.78 is 11.9. The van der Waals surface area contributed by atoms with Crippen molar-refractivity contribution in [3.05, 3.63) is 36.1 Å². The van der Waals surface area contributed by atoms with Crippen molar-refractivity contribution in [1.82, 2.24) is 0 Å². The van der Waals surface area contributed by atoms with Crippen LogP contribution in [0.25, 0.3) is 0 Å². The maximum Gasteiger partial charge on any atom is 0.0151 e. The van der Waals surface area contributed by atoms with Gasteiger partial charge in [0.25, 0.3) is 0 Å². The molecular weight excluding hydrogens is 150 g/mol. The molecule has 8 heavy (non-hydrogen) atoms. The molecule has 0 saturated heterocycles. The molecule has 0 aliphatic heterocycles. The van der Waals surface area contributed by atoms with Gasteiger partial charge in [0, 0.05) is 22.6 Å². The van der Waals surface area contributed by atoms with Crippen LogP contribution in [-0.4, -0.2) is 0 Å². The zero-order chi connectivity index (χ0) is 5.11. The second-order valence-corrected chi connectivity index (χ2v) is 1.22. The summed E-state index contributed by atoms with van der Waals surface area (Å²) in [6, 6.07) is 8.49. The quantitative estimate of drug-likeness (QED) is 0.498. The van der Waals surface area contributed by atoms with E-state index in [1.165, 1.54) is 24.3 Å². The second-order valence-electron chi connectivity index (χ2n) is 1.22. The second kappa shape index (κ2) is 3.63. The van der Waals surface area contributed by atoms with Crippen molar-refractivity contribution in [3.8, 4) is 0 Å². The van der Waals surface area contributed by atoms with Gasteiger partial charge >= 0.3 is 0 Å². The van der Waals surface area contributed by atoms with Gasteiger partial charge in [0.15, 0.2) is 0 Å². The molecular formula is C6H4CoF-. The largest absolute Gasteiger partial charge is 0.236 e. The predicted molar refractivity (Wildman–Crippen MR) is 25.2 cm³/mol. The van der Waals surface area contributed by atoms with E-state index in [9.17, 15) is 4.39 Å². The minimum atomic E-state index is -0.209. The zero-order valence-corrected chi connectivity index (χ0v) is 5.06. The normalized spacial score (nSPS) is 7.62. The summed E-state index contributed by atoms with van der Waals surface area (Å²) in [7, 11) is 0. The van der Waals surface area contributed by atoms with Gasteiger partial charge < -0.3 is 0 Å². The van der Waals surface area contributed by atoms with Crippen molar-refractivity contribution >= 4 is 0 Å².